The summed E-state index contributed by atoms with van der Waals surface area (Å²) < 4.78 is 21.7. The summed E-state index contributed by atoms with van der Waals surface area (Å²) in [5.74, 6) is -1.38. The Bertz CT molecular complexity index is 498. The van der Waals surface area contributed by atoms with Crippen molar-refractivity contribution >= 4 is 9.84 Å². The average molecular weight is 261 g/mol. The zero-order valence-electron chi connectivity index (χ0n) is 9.34. The molecule has 0 aliphatic heterocycles. The fourth-order valence-corrected chi connectivity index (χ4v) is 1.75. The van der Waals surface area contributed by atoms with Gasteiger partial charge in [-0.1, -0.05) is 6.07 Å². The SMILES string of the molecule is CS(=O)(=O)CCNCc1ccc(O)c(O)c1O. The maximum atomic E-state index is 10.8. The highest BCUT2D eigenvalue weighted by atomic mass is 32.2. The van der Waals surface area contributed by atoms with Crippen LogP contribution in [0.1, 0.15) is 5.56 Å². The van der Waals surface area contributed by atoms with E-state index < -0.39 is 27.1 Å². The van der Waals surface area contributed by atoms with E-state index in [1.807, 2.05) is 0 Å². The second-order valence-corrected chi connectivity index (χ2v) is 6.01. The molecule has 96 valence electrons. The van der Waals surface area contributed by atoms with Gasteiger partial charge in [-0.2, -0.15) is 0 Å². The van der Waals surface area contributed by atoms with Crippen LogP contribution in [0.15, 0.2) is 12.1 Å². The Labute approximate surface area is 99.4 Å². The summed E-state index contributed by atoms with van der Waals surface area (Å²) in [6, 6.07) is 2.69. The van der Waals surface area contributed by atoms with Gasteiger partial charge in [-0.05, 0) is 6.07 Å². The zero-order chi connectivity index (χ0) is 13.1. The Balaban J connectivity index is 2.56. The quantitative estimate of drug-likeness (QED) is 0.437. The minimum atomic E-state index is -3.02. The molecule has 0 amide bonds. The van der Waals surface area contributed by atoms with Crippen LogP contribution in [0.4, 0.5) is 0 Å². The van der Waals surface area contributed by atoms with Crippen LogP contribution in [0.2, 0.25) is 0 Å². The maximum Gasteiger partial charge on any atom is 0.200 e. The molecule has 6 nitrogen and oxygen atoms in total. The summed E-state index contributed by atoms with van der Waals surface area (Å²) in [7, 11) is -3.02. The molecular weight excluding hydrogens is 246 g/mol. The van der Waals surface area contributed by atoms with Gasteiger partial charge in [0.2, 0.25) is 5.75 Å². The lowest BCUT2D eigenvalue weighted by molar-refractivity contribution is 0.364. The Morgan fingerprint density at radius 1 is 1.18 bits per heavy atom. The highest BCUT2D eigenvalue weighted by Gasteiger charge is 2.10. The Morgan fingerprint density at radius 3 is 2.41 bits per heavy atom. The van der Waals surface area contributed by atoms with Crippen molar-refractivity contribution in [3.63, 3.8) is 0 Å². The number of benzene rings is 1. The van der Waals surface area contributed by atoms with Crippen molar-refractivity contribution in [1.29, 1.82) is 0 Å². The predicted molar refractivity (Wildman–Crippen MR) is 62.9 cm³/mol. The smallest absolute Gasteiger partial charge is 0.200 e. The highest BCUT2D eigenvalue weighted by Crippen LogP contribution is 2.36. The van der Waals surface area contributed by atoms with Gasteiger partial charge in [0, 0.05) is 24.9 Å². The molecule has 4 N–H and O–H groups in total. The molecule has 0 radical (unpaired) electrons. The van der Waals surface area contributed by atoms with Crippen molar-refractivity contribution in [2.75, 3.05) is 18.6 Å². The van der Waals surface area contributed by atoms with E-state index in [4.69, 9.17) is 5.11 Å². The van der Waals surface area contributed by atoms with Crippen molar-refractivity contribution in [2.24, 2.45) is 0 Å². The summed E-state index contributed by atoms with van der Waals surface area (Å²) in [4.78, 5) is 0. The van der Waals surface area contributed by atoms with Gasteiger partial charge in [0.05, 0.1) is 5.75 Å². The molecule has 0 saturated heterocycles. The monoisotopic (exact) mass is 261 g/mol. The summed E-state index contributed by atoms with van der Waals surface area (Å²) >= 11 is 0. The lowest BCUT2D eigenvalue weighted by Gasteiger charge is -2.08. The van der Waals surface area contributed by atoms with Gasteiger partial charge in [0.15, 0.2) is 11.5 Å². The third-order valence-electron chi connectivity index (χ3n) is 2.18. The van der Waals surface area contributed by atoms with Crippen LogP contribution in [0.25, 0.3) is 0 Å². The molecule has 1 aromatic carbocycles. The second-order valence-electron chi connectivity index (χ2n) is 3.75. The third-order valence-corrected chi connectivity index (χ3v) is 3.12. The molecular formula is C10H15NO5S. The molecule has 0 aromatic heterocycles. The van der Waals surface area contributed by atoms with Crippen molar-refractivity contribution in [1.82, 2.24) is 5.32 Å². The largest absolute Gasteiger partial charge is 0.504 e. The molecule has 1 rings (SSSR count). The number of phenolic OH excluding ortho intramolecular Hbond substituents is 3. The van der Waals surface area contributed by atoms with Gasteiger partial charge in [0.25, 0.3) is 0 Å². The van der Waals surface area contributed by atoms with E-state index in [-0.39, 0.29) is 18.8 Å². The molecule has 0 saturated carbocycles. The highest BCUT2D eigenvalue weighted by molar-refractivity contribution is 7.90. The van der Waals surface area contributed by atoms with Crippen LogP contribution in [-0.2, 0) is 16.4 Å². The van der Waals surface area contributed by atoms with Gasteiger partial charge >= 0.3 is 0 Å². The van der Waals surface area contributed by atoms with E-state index in [1.165, 1.54) is 12.1 Å². The third kappa shape index (κ3) is 4.12. The van der Waals surface area contributed by atoms with Crippen molar-refractivity contribution in [3.8, 4) is 17.2 Å². The summed E-state index contributed by atoms with van der Waals surface area (Å²) in [6.07, 6.45) is 1.14. The lowest BCUT2D eigenvalue weighted by atomic mass is 10.1. The molecule has 0 aliphatic carbocycles. The molecule has 0 bridgehead atoms. The minimum Gasteiger partial charge on any atom is -0.504 e. The van der Waals surface area contributed by atoms with E-state index in [9.17, 15) is 18.6 Å². The zero-order valence-corrected chi connectivity index (χ0v) is 10.2. The molecule has 0 atom stereocenters. The van der Waals surface area contributed by atoms with Crippen LogP contribution >= 0.6 is 0 Å². The summed E-state index contributed by atoms with van der Waals surface area (Å²) in [6.45, 7) is 0.453. The number of phenols is 3. The van der Waals surface area contributed by atoms with Gasteiger partial charge in [0.1, 0.15) is 9.84 Å². The fraction of sp³-hybridized carbons (Fsp3) is 0.400. The summed E-state index contributed by atoms with van der Waals surface area (Å²) in [5.41, 5.74) is 0.383. The van der Waals surface area contributed by atoms with Crippen LogP contribution in [0.3, 0.4) is 0 Å². The van der Waals surface area contributed by atoms with Crippen LogP contribution < -0.4 is 5.32 Å². The van der Waals surface area contributed by atoms with Gasteiger partial charge in [-0.15, -0.1) is 0 Å². The van der Waals surface area contributed by atoms with E-state index >= 15 is 0 Å². The first-order valence-corrected chi connectivity index (χ1v) is 6.98. The topological polar surface area (TPSA) is 107 Å². The second kappa shape index (κ2) is 5.24. The average Bonchev–Trinajstić information content (AvgIpc) is 2.22. The fourth-order valence-electron chi connectivity index (χ4n) is 1.23. The van der Waals surface area contributed by atoms with Crippen molar-refractivity contribution in [2.45, 2.75) is 6.54 Å². The van der Waals surface area contributed by atoms with Crippen molar-refractivity contribution in [3.05, 3.63) is 17.7 Å². The molecule has 0 aliphatic rings. The number of nitrogens with one attached hydrogen (secondary N) is 1. The molecule has 0 heterocycles. The van der Waals surface area contributed by atoms with Crippen LogP contribution in [0, 0.1) is 0 Å². The normalized spacial score (nSPS) is 11.6. The standard InChI is InChI=1S/C10H15NO5S/c1-17(15,16)5-4-11-6-7-2-3-8(12)10(14)9(7)13/h2-3,11-14H,4-6H2,1H3. The first kappa shape index (κ1) is 13.6. The molecule has 0 unspecified atom stereocenters. The van der Waals surface area contributed by atoms with Gasteiger partial charge in [-0.25, -0.2) is 8.42 Å². The first-order chi connectivity index (χ1) is 7.81. The number of hydrogen-bond donors (Lipinski definition) is 4. The lowest BCUT2D eigenvalue weighted by Crippen LogP contribution is -2.21. The minimum absolute atomic E-state index is 0.00216. The Hall–Kier alpha value is -1.47. The van der Waals surface area contributed by atoms with E-state index in [2.05, 4.69) is 5.32 Å². The molecule has 7 heteroatoms. The van der Waals surface area contributed by atoms with E-state index in [1.54, 1.807) is 0 Å². The Morgan fingerprint density at radius 2 is 1.82 bits per heavy atom. The van der Waals surface area contributed by atoms with Gasteiger partial charge < -0.3 is 20.6 Å². The maximum absolute atomic E-state index is 10.8. The predicted octanol–water partition coefficient (Wildman–Crippen LogP) is -0.0624. The van der Waals surface area contributed by atoms with Crippen molar-refractivity contribution < 1.29 is 23.7 Å². The summed E-state index contributed by atoms with van der Waals surface area (Å²) in [5, 5.41) is 30.6. The number of sulfone groups is 1. The molecule has 0 fully saturated rings. The first-order valence-electron chi connectivity index (χ1n) is 4.92. The Kier molecular flexibility index (Phi) is 4.19. The van der Waals surface area contributed by atoms with E-state index in [0.29, 0.717) is 5.56 Å². The molecule has 1 aromatic rings. The molecule has 17 heavy (non-hydrogen) atoms. The van der Waals surface area contributed by atoms with E-state index in [0.717, 1.165) is 6.26 Å². The molecule has 0 spiro atoms. The van der Waals surface area contributed by atoms with Gasteiger partial charge in [-0.3, -0.25) is 0 Å². The number of rotatable bonds is 5. The number of aromatic hydroxyl groups is 3. The van der Waals surface area contributed by atoms with Crippen LogP contribution in [-0.4, -0.2) is 42.3 Å². The van der Waals surface area contributed by atoms with Crippen LogP contribution in [0.5, 0.6) is 17.2 Å². The number of hydrogen-bond acceptors (Lipinski definition) is 6.